The third kappa shape index (κ3) is 9.01. The molecular formula is C30H34Cl3N3O5S. The van der Waals surface area contributed by atoms with E-state index in [0.717, 1.165) is 16.1 Å². The highest BCUT2D eigenvalue weighted by atomic mass is 35.5. The van der Waals surface area contributed by atoms with Gasteiger partial charge in [-0.25, -0.2) is 8.42 Å². The maximum absolute atomic E-state index is 14.2. The Kier molecular flexibility index (Phi) is 11.2. The second-order valence-corrected chi connectivity index (χ2v) is 13.9. The second-order valence-electron chi connectivity index (χ2n) is 10.8. The third-order valence-corrected chi connectivity index (χ3v) is 8.41. The molecule has 3 aromatic carbocycles. The molecule has 0 aromatic heterocycles. The molecule has 0 aliphatic heterocycles. The molecule has 1 atom stereocenters. The third-order valence-electron chi connectivity index (χ3n) is 6.26. The molecule has 226 valence electrons. The van der Waals surface area contributed by atoms with Crippen LogP contribution in [0.1, 0.15) is 31.9 Å². The summed E-state index contributed by atoms with van der Waals surface area (Å²) in [5.41, 5.74) is 0.776. The van der Waals surface area contributed by atoms with Crippen LogP contribution < -0.4 is 14.4 Å². The normalized spacial score (nSPS) is 12.4. The van der Waals surface area contributed by atoms with Gasteiger partial charge in [-0.3, -0.25) is 13.9 Å². The number of sulfonamides is 1. The molecule has 0 radical (unpaired) electrons. The summed E-state index contributed by atoms with van der Waals surface area (Å²) in [6.45, 7) is 4.74. The minimum absolute atomic E-state index is 0.145. The van der Waals surface area contributed by atoms with Gasteiger partial charge in [0.05, 0.1) is 24.1 Å². The Hall–Kier alpha value is -2.98. The molecule has 8 nitrogen and oxygen atoms in total. The van der Waals surface area contributed by atoms with Gasteiger partial charge in [-0.05, 0) is 56.7 Å². The molecular weight excluding hydrogens is 621 g/mol. The standard InChI is InChI=1S/C30H34Cl3N3O5S/c1-30(2,3)34-29(38)26(16-20-10-7-6-8-11-20)35(18-22-23(31)12-9-13-24(22)32)28(37)19-36(42(5,39)40)21-14-15-27(41-4)25(33)17-21/h6-15,17,26H,16,18-19H2,1-5H3,(H,34,38)/t26-/m1/s1. The lowest BCUT2D eigenvalue weighted by atomic mass is 10.0. The number of hydrogen-bond acceptors (Lipinski definition) is 5. The van der Waals surface area contributed by atoms with Gasteiger partial charge in [0.1, 0.15) is 18.3 Å². The van der Waals surface area contributed by atoms with Crippen molar-refractivity contribution in [3.63, 3.8) is 0 Å². The van der Waals surface area contributed by atoms with E-state index >= 15 is 0 Å². The lowest BCUT2D eigenvalue weighted by Gasteiger charge is -2.35. The molecule has 1 N–H and O–H groups in total. The monoisotopic (exact) mass is 653 g/mol. The van der Waals surface area contributed by atoms with Crippen molar-refractivity contribution in [1.29, 1.82) is 0 Å². The van der Waals surface area contributed by atoms with Crippen LogP contribution in [0, 0.1) is 0 Å². The number of rotatable bonds is 11. The predicted octanol–water partition coefficient (Wildman–Crippen LogP) is 5.98. The SMILES string of the molecule is COc1ccc(N(CC(=O)N(Cc2c(Cl)cccc2Cl)[C@H](Cc2ccccc2)C(=O)NC(C)(C)C)S(C)(=O)=O)cc1Cl. The van der Waals surface area contributed by atoms with E-state index in [4.69, 9.17) is 39.5 Å². The molecule has 0 spiro atoms. The second kappa shape index (κ2) is 14.0. The number of ether oxygens (including phenoxy) is 1. The van der Waals surface area contributed by atoms with Gasteiger partial charge in [0.15, 0.2) is 0 Å². The number of benzene rings is 3. The van der Waals surface area contributed by atoms with Gasteiger partial charge in [0.25, 0.3) is 0 Å². The Morgan fingerprint density at radius 3 is 2.07 bits per heavy atom. The molecule has 0 aliphatic rings. The van der Waals surface area contributed by atoms with E-state index < -0.39 is 40.0 Å². The van der Waals surface area contributed by atoms with E-state index in [1.54, 1.807) is 18.2 Å². The van der Waals surface area contributed by atoms with E-state index in [2.05, 4.69) is 5.32 Å². The van der Waals surface area contributed by atoms with Crippen molar-refractivity contribution in [2.24, 2.45) is 0 Å². The molecule has 42 heavy (non-hydrogen) atoms. The highest BCUT2D eigenvalue weighted by Gasteiger charge is 2.35. The first kappa shape index (κ1) is 33.5. The fourth-order valence-electron chi connectivity index (χ4n) is 4.28. The largest absolute Gasteiger partial charge is 0.495 e. The van der Waals surface area contributed by atoms with Gasteiger partial charge in [-0.15, -0.1) is 0 Å². The summed E-state index contributed by atoms with van der Waals surface area (Å²) >= 11 is 19.3. The summed E-state index contributed by atoms with van der Waals surface area (Å²) in [5, 5.41) is 3.74. The molecule has 3 aromatic rings. The van der Waals surface area contributed by atoms with Gasteiger partial charge in [0.2, 0.25) is 21.8 Å². The molecule has 0 fully saturated rings. The zero-order valence-electron chi connectivity index (χ0n) is 24.0. The predicted molar refractivity (Wildman–Crippen MR) is 169 cm³/mol. The van der Waals surface area contributed by atoms with Crippen LogP contribution in [-0.4, -0.2) is 56.6 Å². The van der Waals surface area contributed by atoms with Gasteiger partial charge < -0.3 is 15.0 Å². The minimum atomic E-state index is -3.97. The maximum Gasteiger partial charge on any atom is 0.244 e. The van der Waals surface area contributed by atoms with E-state index in [1.807, 2.05) is 51.1 Å². The van der Waals surface area contributed by atoms with E-state index in [1.165, 1.54) is 30.2 Å². The topological polar surface area (TPSA) is 96.0 Å². The number of amides is 2. The van der Waals surface area contributed by atoms with Gasteiger partial charge >= 0.3 is 0 Å². The zero-order valence-corrected chi connectivity index (χ0v) is 27.1. The van der Waals surface area contributed by atoms with Crippen LogP contribution in [0.15, 0.2) is 66.7 Å². The van der Waals surface area contributed by atoms with Crippen molar-refractivity contribution in [3.8, 4) is 5.75 Å². The summed E-state index contributed by atoms with van der Waals surface area (Å²) in [4.78, 5) is 29.3. The highest BCUT2D eigenvalue weighted by Crippen LogP contribution is 2.31. The van der Waals surface area contributed by atoms with Crippen molar-refractivity contribution < 1.29 is 22.7 Å². The van der Waals surface area contributed by atoms with Crippen molar-refractivity contribution in [2.75, 3.05) is 24.2 Å². The van der Waals surface area contributed by atoms with Crippen LogP contribution in [0.25, 0.3) is 0 Å². The Morgan fingerprint density at radius 1 is 0.929 bits per heavy atom. The number of carbonyl (C=O) groups is 2. The first-order valence-corrected chi connectivity index (χ1v) is 16.0. The molecule has 2 amide bonds. The van der Waals surface area contributed by atoms with Gasteiger partial charge in [-0.1, -0.05) is 71.2 Å². The lowest BCUT2D eigenvalue weighted by Crippen LogP contribution is -2.56. The molecule has 3 rings (SSSR count). The van der Waals surface area contributed by atoms with Crippen LogP contribution >= 0.6 is 34.8 Å². The summed E-state index contributed by atoms with van der Waals surface area (Å²) in [6.07, 6.45) is 1.14. The number of carbonyl (C=O) groups excluding carboxylic acids is 2. The Balaban J connectivity index is 2.13. The number of nitrogens with zero attached hydrogens (tertiary/aromatic N) is 2. The van der Waals surface area contributed by atoms with Gasteiger partial charge in [0, 0.05) is 34.1 Å². The zero-order chi connectivity index (χ0) is 31.2. The van der Waals surface area contributed by atoms with E-state index in [-0.39, 0.29) is 23.7 Å². The average molecular weight is 655 g/mol. The number of nitrogens with one attached hydrogen (secondary N) is 1. The molecule has 0 heterocycles. The first-order chi connectivity index (χ1) is 19.6. The fraction of sp³-hybridized carbons (Fsp3) is 0.333. The van der Waals surface area contributed by atoms with Crippen LogP contribution in [0.2, 0.25) is 15.1 Å². The summed E-state index contributed by atoms with van der Waals surface area (Å²) in [5.74, 6) is -0.716. The van der Waals surface area contributed by atoms with Crippen LogP contribution in [0.3, 0.4) is 0 Å². The molecule has 0 saturated carbocycles. The van der Waals surface area contributed by atoms with Crippen LogP contribution in [0.5, 0.6) is 5.75 Å². The smallest absolute Gasteiger partial charge is 0.244 e. The maximum atomic E-state index is 14.2. The fourth-order valence-corrected chi connectivity index (χ4v) is 5.90. The molecule has 0 saturated heterocycles. The molecule has 0 aliphatic carbocycles. The van der Waals surface area contributed by atoms with Crippen molar-refractivity contribution in [2.45, 2.75) is 45.3 Å². The quantitative estimate of drug-likeness (QED) is 0.275. The lowest BCUT2D eigenvalue weighted by molar-refractivity contribution is -0.140. The summed E-state index contributed by atoms with van der Waals surface area (Å²) in [7, 11) is -2.54. The first-order valence-electron chi connectivity index (χ1n) is 13.0. The summed E-state index contributed by atoms with van der Waals surface area (Å²) in [6, 6.07) is 17.5. The molecule has 0 unspecified atom stereocenters. The Morgan fingerprint density at radius 2 is 1.55 bits per heavy atom. The number of anilines is 1. The van der Waals surface area contributed by atoms with E-state index in [0.29, 0.717) is 21.4 Å². The van der Waals surface area contributed by atoms with Crippen molar-refractivity contribution >= 4 is 62.3 Å². The summed E-state index contributed by atoms with van der Waals surface area (Å²) < 4.78 is 32.0. The number of methoxy groups -OCH3 is 1. The highest BCUT2D eigenvalue weighted by molar-refractivity contribution is 7.92. The van der Waals surface area contributed by atoms with Crippen LogP contribution in [0.4, 0.5) is 5.69 Å². The number of hydrogen-bond donors (Lipinski definition) is 1. The molecule has 12 heteroatoms. The Bertz CT molecular complexity index is 1510. The van der Waals surface area contributed by atoms with Crippen LogP contribution in [-0.2, 0) is 32.6 Å². The Labute approximate surface area is 262 Å². The van der Waals surface area contributed by atoms with Crippen molar-refractivity contribution in [1.82, 2.24) is 10.2 Å². The van der Waals surface area contributed by atoms with Crippen molar-refractivity contribution in [3.05, 3.63) is 92.9 Å². The minimum Gasteiger partial charge on any atom is -0.495 e. The number of halogens is 3. The van der Waals surface area contributed by atoms with E-state index in [9.17, 15) is 18.0 Å². The van der Waals surface area contributed by atoms with Gasteiger partial charge in [-0.2, -0.15) is 0 Å². The molecule has 0 bridgehead atoms. The average Bonchev–Trinajstić information content (AvgIpc) is 2.89.